The zero-order valence-corrected chi connectivity index (χ0v) is 22.2. The topological polar surface area (TPSA) is 104 Å². The van der Waals surface area contributed by atoms with E-state index in [1.165, 1.54) is 34.5 Å². The Morgan fingerprint density at radius 3 is 1.66 bits per heavy atom. The average molecular weight is 442 g/mol. The Morgan fingerprint density at radius 2 is 1.21 bits per heavy atom. The minimum atomic E-state index is -4.71. The summed E-state index contributed by atoms with van der Waals surface area (Å²) in [4.78, 5) is 18.1. The number of phosphoric ester groups is 1. The molecule has 0 spiro atoms. The Labute approximate surface area is 214 Å². The van der Waals surface area contributed by atoms with Crippen molar-refractivity contribution in [2.24, 2.45) is 0 Å². The van der Waals surface area contributed by atoms with Crippen molar-refractivity contribution in [3.05, 3.63) is 41.5 Å². The number of benzene rings is 2. The van der Waals surface area contributed by atoms with Crippen LogP contribution in [-0.4, -0.2) is 38.2 Å². The Morgan fingerprint density at radius 1 is 0.724 bits per heavy atom. The van der Waals surface area contributed by atoms with Crippen LogP contribution in [0.1, 0.15) is 11.1 Å². The summed E-state index contributed by atoms with van der Waals surface area (Å²) in [6, 6.07) is 8.29. The van der Waals surface area contributed by atoms with Crippen LogP contribution in [0.15, 0.2) is 30.3 Å². The van der Waals surface area contributed by atoms with Gasteiger partial charge in [-0.2, -0.15) is 0 Å². The van der Waals surface area contributed by atoms with E-state index in [1.807, 2.05) is 0 Å². The number of phosphoric acid groups is 1. The quantitative estimate of drug-likeness (QED) is 0.260. The van der Waals surface area contributed by atoms with E-state index in [4.69, 9.17) is 28.7 Å². The molecule has 2 rings (SSSR count). The van der Waals surface area contributed by atoms with Crippen LogP contribution in [0.25, 0.3) is 12.2 Å². The van der Waals surface area contributed by atoms with Crippen molar-refractivity contribution in [3.8, 4) is 28.7 Å². The zero-order valence-electron chi connectivity index (χ0n) is 17.3. The second-order valence-electron chi connectivity index (χ2n) is 5.28. The normalized spacial score (nSPS) is 10.6. The molecule has 0 amide bonds. The van der Waals surface area contributed by atoms with Crippen LogP contribution in [0.5, 0.6) is 28.7 Å². The molecule has 0 aliphatic rings. The number of ether oxygens (including phenoxy) is 4. The van der Waals surface area contributed by atoms with Gasteiger partial charge in [-0.3, -0.25) is 9.79 Å². The fourth-order valence-electron chi connectivity index (χ4n) is 2.39. The molecule has 8 nitrogen and oxygen atoms in total. The summed E-state index contributed by atoms with van der Waals surface area (Å²) >= 11 is 0. The third-order valence-electron chi connectivity index (χ3n) is 3.56. The van der Waals surface area contributed by atoms with Gasteiger partial charge in [0.2, 0.25) is 5.75 Å². The molecule has 2 aromatic rings. The summed E-state index contributed by atoms with van der Waals surface area (Å²) in [6.07, 6.45) is 3.53. The molecule has 2 N–H and O–H groups in total. The number of hydrogen-bond acceptors (Lipinski definition) is 6. The van der Waals surface area contributed by atoms with Gasteiger partial charge in [-0.25, -0.2) is 4.57 Å². The van der Waals surface area contributed by atoms with Crippen molar-refractivity contribution in [2.75, 3.05) is 28.4 Å². The summed E-state index contributed by atoms with van der Waals surface area (Å²) in [5.41, 5.74) is 1.42. The zero-order chi connectivity index (χ0) is 20.0. The van der Waals surface area contributed by atoms with Crippen LogP contribution >= 0.6 is 7.82 Å². The van der Waals surface area contributed by atoms with E-state index in [2.05, 4.69) is 4.52 Å². The van der Waals surface area contributed by atoms with Crippen LogP contribution in [-0.2, 0) is 4.57 Å². The van der Waals surface area contributed by atoms with Gasteiger partial charge in [0, 0.05) is 0 Å². The monoisotopic (exact) mass is 442 g/mol. The third kappa shape index (κ3) is 8.17. The molecule has 0 unspecified atom stereocenters. The molecule has 2 aromatic carbocycles. The smallest absolute Gasteiger partial charge is 0.493 e. The molecule has 0 bridgehead atoms. The van der Waals surface area contributed by atoms with Gasteiger partial charge in [0.15, 0.2) is 23.0 Å². The van der Waals surface area contributed by atoms with Crippen LogP contribution < -0.4 is 82.6 Å². The summed E-state index contributed by atoms with van der Waals surface area (Å²) in [5.74, 6) is 1.66. The summed E-state index contributed by atoms with van der Waals surface area (Å²) in [6.45, 7) is 0. The van der Waals surface area contributed by atoms with E-state index in [-0.39, 0.29) is 70.6 Å². The molecule has 146 valence electrons. The molecule has 0 saturated heterocycles. The molecular weight excluding hydrogens is 421 g/mol. The number of rotatable bonds is 8. The van der Waals surface area contributed by atoms with Crippen molar-refractivity contribution in [1.29, 1.82) is 0 Å². The summed E-state index contributed by atoms with van der Waals surface area (Å²) in [7, 11) is 1.26. The molecule has 0 radical (unpaired) electrons. The maximum atomic E-state index is 11.1. The van der Waals surface area contributed by atoms with Gasteiger partial charge in [0.05, 0.1) is 28.4 Å². The maximum Gasteiger partial charge on any atom is 1.00 e. The average Bonchev–Trinajstić information content (AvgIpc) is 2.64. The van der Waals surface area contributed by atoms with Gasteiger partial charge in [-0.1, -0.05) is 18.2 Å². The van der Waals surface area contributed by atoms with Gasteiger partial charge >= 0.3 is 66.9 Å². The third-order valence-corrected chi connectivity index (χ3v) is 3.99. The molecule has 0 aromatic heterocycles. The molecule has 11 heteroatoms. The van der Waals surface area contributed by atoms with Crippen molar-refractivity contribution in [1.82, 2.24) is 0 Å². The molecule has 0 fully saturated rings. The minimum Gasteiger partial charge on any atom is -0.493 e. The Bertz CT molecular complexity index is 857. The van der Waals surface area contributed by atoms with Gasteiger partial charge in [0.1, 0.15) is 0 Å². The van der Waals surface area contributed by atoms with Gasteiger partial charge in [0.25, 0.3) is 0 Å². The van der Waals surface area contributed by atoms with Crippen LogP contribution in [0.3, 0.4) is 0 Å². The second kappa shape index (κ2) is 12.9. The van der Waals surface area contributed by atoms with Crippen LogP contribution in [0, 0.1) is 0 Å². The standard InChI is InChI=1S/C18H21O8P.2Na/c1-22-14-8-7-12(9-15(14)26-27(19,20)21)5-6-13-10-16(23-2)18(25-4)17(11-13)24-3;;/h5-11H,1-4H3,(H2,19,20,21);;/q;2*+1. The van der Waals surface area contributed by atoms with E-state index in [9.17, 15) is 4.57 Å². The van der Waals surface area contributed by atoms with Crippen LogP contribution in [0.2, 0.25) is 0 Å². The van der Waals surface area contributed by atoms with Crippen molar-refractivity contribution < 1.29 is 96.9 Å². The first kappa shape index (κ1) is 28.3. The number of hydrogen-bond donors (Lipinski definition) is 2. The predicted octanol–water partition coefficient (Wildman–Crippen LogP) is -2.63. The van der Waals surface area contributed by atoms with E-state index in [1.54, 1.807) is 36.4 Å². The first-order chi connectivity index (χ1) is 12.8. The van der Waals surface area contributed by atoms with E-state index in [0.29, 0.717) is 22.8 Å². The fourth-order valence-corrected chi connectivity index (χ4v) is 2.79. The second-order valence-corrected chi connectivity index (χ2v) is 6.45. The largest absolute Gasteiger partial charge is 1.00 e. The predicted molar refractivity (Wildman–Crippen MR) is 101 cm³/mol. The Balaban J connectivity index is 0.00000392. The first-order valence-electron chi connectivity index (χ1n) is 7.72. The Hall–Kier alpha value is -0.670. The fraction of sp³-hybridized carbons (Fsp3) is 0.222. The van der Waals surface area contributed by atoms with Crippen molar-refractivity contribution in [3.63, 3.8) is 0 Å². The molecule has 0 aliphatic heterocycles. The van der Waals surface area contributed by atoms with E-state index < -0.39 is 7.82 Å². The van der Waals surface area contributed by atoms with Gasteiger partial charge in [-0.05, 0) is 35.4 Å². The SMILES string of the molecule is COc1ccc(C=Cc2cc(OC)c(OC)c(OC)c2)cc1OP(=O)(O)O.[Na+].[Na+]. The van der Waals surface area contributed by atoms with E-state index >= 15 is 0 Å². The molecule has 0 heterocycles. The molecule has 29 heavy (non-hydrogen) atoms. The van der Waals surface area contributed by atoms with Crippen molar-refractivity contribution >= 4 is 20.0 Å². The molecule has 0 aliphatic carbocycles. The van der Waals surface area contributed by atoms with Gasteiger partial charge < -0.3 is 23.5 Å². The summed E-state index contributed by atoms with van der Waals surface area (Å²) in [5, 5.41) is 0. The molecular formula is C18H21Na2O8P+2. The maximum absolute atomic E-state index is 11.1. The summed E-state index contributed by atoms with van der Waals surface area (Å²) < 4.78 is 36.8. The number of methoxy groups -OCH3 is 4. The molecule has 0 saturated carbocycles. The first-order valence-corrected chi connectivity index (χ1v) is 9.25. The minimum absolute atomic E-state index is 0. The Kier molecular flexibility index (Phi) is 12.6. The van der Waals surface area contributed by atoms with E-state index in [0.717, 1.165) is 5.56 Å². The van der Waals surface area contributed by atoms with Crippen LogP contribution in [0.4, 0.5) is 0 Å². The molecule has 0 atom stereocenters. The van der Waals surface area contributed by atoms with Gasteiger partial charge in [-0.15, -0.1) is 0 Å². The van der Waals surface area contributed by atoms with Crippen molar-refractivity contribution in [2.45, 2.75) is 0 Å².